The second-order valence-electron chi connectivity index (χ2n) is 4.19. The molecule has 1 aliphatic heterocycles. The summed E-state index contributed by atoms with van der Waals surface area (Å²) >= 11 is 4.31. The Morgan fingerprint density at radius 2 is 1.50 bits per heavy atom. The highest BCUT2D eigenvalue weighted by Crippen LogP contribution is 2.40. The second-order valence-corrected chi connectivity index (χ2v) is 6.76. The van der Waals surface area contributed by atoms with Crippen LogP contribution in [0, 0.1) is 0 Å². The van der Waals surface area contributed by atoms with Gasteiger partial charge in [0.25, 0.3) is 11.8 Å². The third-order valence-electron chi connectivity index (χ3n) is 2.92. The van der Waals surface area contributed by atoms with Crippen LogP contribution in [0.1, 0.15) is 20.7 Å². The monoisotopic (exact) mass is 309 g/mol. The van der Waals surface area contributed by atoms with Crippen molar-refractivity contribution in [2.75, 3.05) is 0 Å². The smallest absolute Gasteiger partial charge is 0.323 e. The highest BCUT2D eigenvalue weighted by Gasteiger charge is 2.36. The van der Waals surface area contributed by atoms with Gasteiger partial charge >= 0.3 is 6.72 Å². The molecule has 0 atom stereocenters. The summed E-state index contributed by atoms with van der Waals surface area (Å²) in [4.78, 5) is 42.8. The van der Waals surface area contributed by atoms with Crippen molar-refractivity contribution >= 4 is 41.1 Å². The minimum atomic E-state index is -4.18. The lowest BCUT2D eigenvalue weighted by atomic mass is 9.95. The maximum absolute atomic E-state index is 12.2. The van der Waals surface area contributed by atoms with Gasteiger partial charge in [0.2, 0.25) is 0 Å². The molecular formula is C12H8NO5PS. The molecule has 0 saturated carbocycles. The average Bonchev–Trinajstić information content (AvgIpc) is 2.39. The van der Waals surface area contributed by atoms with E-state index in [1.807, 2.05) is 0 Å². The molecule has 0 spiro atoms. The van der Waals surface area contributed by atoms with Crippen molar-refractivity contribution < 1.29 is 24.0 Å². The topological polar surface area (TPSA) is 87.1 Å². The summed E-state index contributed by atoms with van der Waals surface area (Å²) in [6, 6.07) is 9.97. The first-order valence-electron chi connectivity index (χ1n) is 5.54. The number of hydrogen-bond acceptors (Lipinski definition) is 4. The molecule has 2 amide bonds. The zero-order chi connectivity index (χ0) is 14.5. The number of imide groups is 1. The van der Waals surface area contributed by atoms with Crippen LogP contribution in [-0.2, 0) is 16.4 Å². The molecule has 0 radical (unpaired) electrons. The molecule has 3 rings (SSSR count). The predicted molar refractivity (Wildman–Crippen MR) is 74.3 cm³/mol. The summed E-state index contributed by atoms with van der Waals surface area (Å²) in [5.74, 6) is -1.53. The van der Waals surface area contributed by atoms with Crippen LogP contribution in [0.4, 0.5) is 0 Å². The summed E-state index contributed by atoms with van der Waals surface area (Å²) < 4.78 is 4.56. The molecule has 0 bridgehead atoms. The number of benzene rings is 2. The molecule has 20 heavy (non-hydrogen) atoms. The molecule has 102 valence electrons. The van der Waals surface area contributed by atoms with E-state index in [-0.39, 0.29) is 11.1 Å². The van der Waals surface area contributed by atoms with Crippen LogP contribution in [0.2, 0.25) is 0 Å². The van der Waals surface area contributed by atoms with Crippen molar-refractivity contribution in [1.29, 1.82) is 0 Å². The number of hydrogen-bond donors (Lipinski definition) is 2. The van der Waals surface area contributed by atoms with Crippen molar-refractivity contribution in [3.05, 3.63) is 47.5 Å². The van der Waals surface area contributed by atoms with Gasteiger partial charge in [-0.3, -0.25) is 9.59 Å². The van der Waals surface area contributed by atoms with E-state index in [4.69, 9.17) is 9.79 Å². The van der Waals surface area contributed by atoms with Gasteiger partial charge in [-0.1, -0.05) is 24.3 Å². The fourth-order valence-corrected chi connectivity index (χ4v) is 2.75. The lowest BCUT2D eigenvalue weighted by Crippen LogP contribution is -2.39. The van der Waals surface area contributed by atoms with Crippen molar-refractivity contribution in [3.8, 4) is 0 Å². The van der Waals surface area contributed by atoms with Gasteiger partial charge in [-0.2, -0.15) is 4.62 Å². The first-order chi connectivity index (χ1) is 9.38. The van der Waals surface area contributed by atoms with E-state index in [9.17, 15) is 9.59 Å². The maximum atomic E-state index is 12.2. The van der Waals surface area contributed by atoms with Crippen molar-refractivity contribution in [2.45, 2.75) is 0 Å². The standard InChI is InChI=1S/C12H8NO5PS/c14-11-8-5-1-3-7-4-2-6-9(10(7)8)12(15)13(11)18-19(16,17)20/h1-6H,(H2,16,17,20). The molecular weight excluding hydrogens is 301 g/mol. The third kappa shape index (κ3) is 2.06. The maximum Gasteiger partial charge on any atom is 0.344 e. The highest BCUT2D eigenvalue weighted by atomic mass is 32.5. The van der Waals surface area contributed by atoms with Crippen LogP contribution >= 0.6 is 6.72 Å². The average molecular weight is 309 g/mol. The Morgan fingerprint density at radius 1 is 1.00 bits per heavy atom. The van der Waals surface area contributed by atoms with E-state index >= 15 is 0 Å². The van der Waals surface area contributed by atoms with Crippen LogP contribution < -0.4 is 0 Å². The van der Waals surface area contributed by atoms with Gasteiger partial charge in [-0.05, 0) is 29.3 Å². The summed E-state index contributed by atoms with van der Waals surface area (Å²) in [5.41, 5.74) is 0.502. The van der Waals surface area contributed by atoms with Crippen molar-refractivity contribution in [3.63, 3.8) is 0 Å². The fraction of sp³-hybridized carbons (Fsp3) is 0. The van der Waals surface area contributed by atoms with Crippen molar-refractivity contribution in [2.24, 2.45) is 0 Å². The van der Waals surface area contributed by atoms with Gasteiger partial charge in [0.05, 0.1) is 11.1 Å². The van der Waals surface area contributed by atoms with Crippen molar-refractivity contribution in [1.82, 2.24) is 5.06 Å². The van der Waals surface area contributed by atoms with Gasteiger partial charge < -0.3 is 9.79 Å². The Bertz CT molecular complexity index is 749. The minimum absolute atomic E-state index is 0.251. The lowest BCUT2D eigenvalue weighted by Gasteiger charge is -2.26. The van der Waals surface area contributed by atoms with Gasteiger partial charge in [0, 0.05) is 5.39 Å². The van der Waals surface area contributed by atoms with Crippen LogP contribution in [0.25, 0.3) is 10.8 Å². The summed E-state index contributed by atoms with van der Waals surface area (Å²) in [7, 11) is 0. The third-order valence-corrected chi connectivity index (χ3v) is 3.50. The Balaban J connectivity index is 2.24. The molecule has 0 aliphatic carbocycles. The first kappa shape index (κ1) is 13.4. The van der Waals surface area contributed by atoms with E-state index in [0.29, 0.717) is 10.4 Å². The highest BCUT2D eigenvalue weighted by molar-refractivity contribution is 8.06. The SMILES string of the molecule is O=C1c2cccc3cccc(c23)C(=O)N1OP(O)(O)=S. The number of carbonyl (C=O) groups is 2. The molecule has 0 fully saturated rings. The van der Waals surface area contributed by atoms with E-state index in [1.54, 1.807) is 24.3 Å². The molecule has 8 heteroatoms. The molecule has 6 nitrogen and oxygen atoms in total. The number of nitrogens with zero attached hydrogens (tertiary/aromatic N) is 1. The quantitative estimate of drug-likeness (QED) is 0.647. The molecule has 2 N–H and O–H groups in total. The molecule has 0 unspecified atom stereocenters. The minimum Gasteiger partial charge on any atom is -0.323 e. The van der Waals surface area contributed by atoms with E-state index in [2.05, 4.69) is 16.4 Å². The molecule has 1 aliphatic rings. The zero-order valence-corrected chi connectivity index (χ0v) is 11.6. The Hall–Kier alpha value is -1.63. The van der Waals surface area contributed by atoms with E-state index < -0.39 is 18.5 Å². The van der Waals surface area contributed by atoms with E-state index in [0.717, 1.165) is 5.39 Å². The van der Waals surface area contributed by atoms with Crippen LogP contribution in [0.5, 0.6) is 0 Å². The summed E-state index contributed by atoms with van der Waals surface area (Å²) in [6.45, 7) is -4.18. The first-order valence-corrected chi connectivity index (χ1v) is 8.17. The Morgan fingerprint density at radius 3 is 1.95 bits per heavy atom. The fourth-order valence-electron chi connectivity index (χ4n) is 2.19. The number of rotatable bonds is 2. The van der Waals surface area contributed by atoms with Crippen LogP contribution in [0.15, 0.2) is 36.4 Å². The molecule has 0 saturated heterocycles. The van der Waals surface area contributed by atoms with Crippen LogP contribution in [-0.4, -0.2) is 26.7 Å². The molecule has 2 aromatic rings. The largest absolute Gasteiger partial charge is 0.344 e. The number of carbonyl (C=O) groups excluding carboxylic acids is 2. The number of hydroxylamine groups is 2. The normalized spacial score (nSPS) is 15.0. The van der Waals surface area contributed by atoms with Gasteiger partial charge in [-0.15, -0.1) is 5.06 Å². The molecule has 2 aromatic carbocycles. The molecule has 1 heterocycles. The zero-order valence-electron chi connectivity index (χ0n) is 9.89. The molecule has 0 aromatic heterocycles. The van der Waals surface area contributed by atoms with Gasteiger partial charge in [0.15, 0.2) is 0 Å². The Kier molecular flexibility index (Phi) is 2.97. The second kappa shape index (κ2) is 4.44. The van der Waals surface area contributed by atoms with Gasteiger partial charge in [0.1, 0.15) is 0 Å². The predicted octanol–water partition coefficient (Wildman–Crippen LogP) is 1.58. The lowest BCUT2D eigenvalue weighted by molar-refractivity contribution is -0.0265. The van der Waals surface area contributed by atoms with E-state index in [1.165, 1.54) is 12.1 Å². The van der Waals surface area contributed by atoms with Crippen LogP contribution in [0.3, 0.4) is 0 Å². The summed E-state index contributed by atoms with van der Waals surface area (Å²) in [6.07, 6.45) is 0. The van der Waals surface area contributed by atoms with Gasteiger partial charge in [-0.25, -0.2) is 0 Å². The summed E-state index contributed by atoms with van der Waals surface area (Å²) in [5, 5.41) is 1.58. The Labute approximate surface area is 118 Å². The number of amides is 2.